The van der Waals surface area contributed by atoms with E-state index in [1.165, 1.54) is 12.3 Å². The van der Waals surface area contributed by atoms with Crippen LogP contribution >= 0.6 is 46.4 Å². The number of halogens is 3. The molecule has 0 radical (unpaired) electrons. The summed E-state index contributed by atoms with van der Waals surface area (Å²) in [5.41, 5.74) is 0.255. The van der Waals surface area contributed by atoms with Gasteiger partial charge in [0, 0.05) is 20.4 Å². The Morgan fingerprint density at radius 3 is 2.56 bits per heavy atom. The normalized spacial score (nSPS) is 16.4. The summed E-state index contributed by atoms with van der Waals surface area (Å²) in [7, 11) is 0. The first-order valence-electron chi connectivity index (χ1n) is 6.85. The van der Waals surface area contributed by atoms with Gasteiger partial charge in [0.2, 0.25) is 5.95 Å². The maximum Gasteiger partial charge on any atom is 0.270 e. The molecule has 5 nitrogen and oxygen atoms in total. The molecule has 2 aromatic rings. The standard InChI is InChI=1S/C16H8ClFIN3O2S/c17-8-1-3-9(4-2-8)22-15(24)11(14(23)21-16(22)25)7-10-12(19)5-6-20-13(10)18/h1-7H,(H,21,23,25). The molecule has 0 spiro atoms. The van der Waals surface area contributed by atoms with Crippen molar-refractivity contribution in [1.29, 1.82) is 0 Å². The lowest BCUT2D eigenvalue weighted by Gasteiger charge is -2.29. The summed E-state index contributed by atoms with van der Waals surface area (Å²) in [6, 6.07) is 7.95. The first kappa shape index (κ1) is 17.9. The lowest BCUT2D eigenvalue weighted by Crippen LogP contribution is -2.54. The second kappa shape index (κ2) is 7.14. The Morgan fingerprint density at radius 1 is 1.24 bits per heavy atom. The summed E-state index contributed by atoms with van der Waals surface area (Å²) >= 11 is 12.8. The highest BCUT2D eigenvalue weighted by Crippen LogP contribution is 2.25. The minimum absolute atomic E-state index is 0.0594. The Kier molecular flexibility index (Phi) is 5.11. The quantitative estimate of drug-likeness (QED) is 0.232. The molecule has 1 aliphatic heterocycles. The van der Waals surface area contributed by atoms with E-state index in [-0.39, 0.29) is 16.2 Å². The molecule has 1 aliphatic rings. The third kappa shape index (κ3) is 3.55. The maximum absolute atomic E-state index is 13.9. The summed E-state index contributed by atoms with van der Waals surface area (Å²) in [4.78, 5) is 29.7. The van der Waals surface area contributed by atoms with Crippen LogP contribution in [0.15, 0.2) is 42.1 Å². The zero-order valence-corrected chi connectivity index (χ0v) is 16.0. The van der Waals surface area contributed by atoms with Gasteiger partial charge in [-0.1, -0.05) is 11.6 Å². The number of carbonyl (C=O) groups excluding carboxylic acids is 2. The van der Waals surface area contributed by atoms with Crippen LogP contribution in [0.5, 0.6) is 0 Å². The topological polar surface area (TPSA) is 62.3 Å². The SMILES string of the molecule is O=C1NC(=S)N(c2ccc(Cl)cc2)C(=O)C1=Cc1c(I)ccnc1F. The van der Waals surface area contributed by atoms with Crippen molar-refractivity contribution >= 4 is 75.1 Å². The second-order valence-corrected chi connectivity index (χ2v) is 6.92. The lowest BCUT2D eigenvalue weighted by atomic mass is 10.1. The van der Waals surface area contributed by atoms with E-state index in [4.69, 9.17) is 23.8 Å². The summed E-state index contributed by atoms with van der Waals surface area (Å²) in [5.74, 6) is -2.12. The number of amides is 2. The summed E-state index contributed by atoms with van der Waals surface area (Å²) in [6.07, 6.45) is 2.48. The van der Waals surface area contributed by atoms with Gasteiger partial charge >= 0.3 is 0 Å². The largest absolute Gasteiger partial charge is 0.298 e. The molecular weight excluding hydrogens is 480 g/mol. The van der Waals surface area contributed by atoms with Crippen molar-refractivity contribution in [3.05, 3.63) is 62.2 Å². The molecule has 0 saturated carbocycles. The molecule has 0 bridgehead atoms. The highest BCUT2D eigenvalue weighted by molar-refractivity contribution is 14.1. The van der Waals surface area contributed by atoms with E-state index >= 15 is 0 Å². The van der Waals surface area contributed by atoms with Crippen molar-refractivity contribution in [2.24, 2.45) is 0 Å². The summed E-state index contributed by atoms with van der Waals surface area (Å²) in [5, 5.41) is 2.87. The second-order valence-electron chi connectivity index (χ2n) is 4.93. The van der Waals surface area contributed by atoms with E-state index in [0.29, 0.717) is 14.3 Å². The van der Waals surface area contributed by atoms with Gasteiger partial charge in [-0.2, -0.15) is 4.39 Å². The monoisotopic (exact) mass is 487 g/mol. The van der Waals surface area contributed by atoms with Gasteiger partial charge in [-0.25, -0.2) is 4.98 Å². The van der Waals surface area contributed by atoms with E-state index in [1.807, 2.05) is 22.6 Å². The zero-order chi connectivity index (χ0) is 18.1. The molecule has 126 valence electrons. The van der Waals surface area contributed by atoms with Gasteiger partial charge in [0.05, 0.1) is 5.69 Å². The Hall–Kier alpha value is -1.91. The van der Waals surface area contributed by atoms with Gasteiger partial charge in [0.15, 0.2) is 5.11 Å². The number of hydrogen-bond acceptors (Lipinski definition) is 4. The van der Waals surface area contributed by atoms with E-state index in [9.17, 15) is 14.0 Å². The van der Waals surface area contributed by atoms with Crippen LogP contribution in [0.2, 0.25) is 5.02 Å². The highest BCUT2D eigenvalue weighted by Gasteiger charge is 2.34. The number of nitrogens with zero attached hydrogens (tertiary/aromatic N) is 2. The summed E-state index contributed by atoms with van der Waals surface area (Å²) < 4.78 is 14.5. The average Bonchev–Trinajstić information content (AvgIpc) is 2.55. The average molecular weight is 488 g/mol. The predicted molar refractivity (Wildman–Crippen MR) is 105 cm³/mol. The minimum Gasteiger partial charge on any atom is -0.298 e. The molecule has 25 heavy (non-hydrogen) atoms. The van der Waals surface area contributed by atoms with Crippen LogP contribution in [-0.4, -0.2) is 21.9 Å². The van der Waals surface area contributed by atoms with Gasteiger partial charge < -0.3 is 0 Å². The predicted octanol–water partition coefficient (Wildman–Crippen LogP) is 3.31. The third-order valence-electron chi connectivity index (χ3n) is 3.36. The Morgan fingerprint density at radius 2 is 1.92 bits per heavy atom. The number of carbonyl (C=O) groups is 2. The number of thiocarbonyl (C=S) groups is 1. The fraction of sp³-hybridized carbons (Fsp3) is 0. The van der Waals surface area contributed by atoms with Crippen LogP contribution in [0.25, 0.3) is 6.08 Å². The lowest BCUT2D eigenvalue weighted by molar-refractivity contribution is -0.122. The van der Waals surface area contributed by atoms with E-state index in [0.717, 1.165) is 4.90 Å². The van der Waals surface area contributed by atoms with Gasteiger partial charge in [0.1, 0.15) is 5.57 Å². The molecule has 1 saturated heterocycles. The number of aromatic nitrogens is 1. The fourth-order valence-electron chi connectivity index (χ4n) is 2.18. The van der Waals surface area contributed by atoms with Crippen molar-refractivity contribution in [3.8, 4) is 0 Å². The molecule has 0 aliphatic carbocycles. The van der Waals surface area contributed by atoms with E-state index in [2.05, 4.69) is 10.3 Å². The maximum atomic E-state index is 13.9. The van der Waals surface area contributed by atoms with Crippen molar-refractivity contribution < 1.29 is 14.0 Å². The molecule has 2 amide bonds. The first-order chi connectivity index (χ1) is 11.9. The minimum atomic E-state index is -0.772. The molecule has 0 unspecified atom stereocenters. The van der Waals surface area contributed by atoms with Crippen molar-refractivity contribution in [2.75, 3.05) is 4.90 Å². The number of nitrogens with one attached hydrogen (secondary N) is 1. The van der Waals surface area contributed by atoms with Crippen LogP contribution in [-0.2, 0) is 9.59 Å². The van der Waals surface area contributed by atoms with Gasteiger partial charge in [-0.15, -0.1) is 0 Å². The molecule has 3 rings (SSSR count). The molecule has 2 heterocycles. The molecule has 1 aromatic heterocycles. The smallest absolute Gasteiger partial charge is 0.270 e. The number of hydrogen-bond donors (Lipinski definition) is 1. The molecule has 1 aromatic carbocycles. The van der Waals surface area contributed by atoms with Gasteiger partial charge in [0.25, 0.3) is 11.8 Å². The van der Waals surface area contributed by atoms with E-state index in [1.54, 1.807) is 30.3 Å². The molecule has 0 atom stereocenters. The van der Waals surface area contributed by atoms with Crippen molar-refractivity contribution in [1.82, 2.24) is 10.3 Å². The fourth-order valence-corrected chi connectivity index (χ4v) is 3.13. The zero-order valence-electron chi connectivity index (χ0n) is 12.3. The van der Waals surface area contributed by atoms with Crippen LogP contribution in [0, 0.1) is 9.52 Å². The Balaban J connectivity index is 2.07. The number of pyridine rings is 1. The van der Waals surface area contributed by atoms with Gasteiger partial charge in [-0.05, 0) is 71.2 Å². The van der Waals surface area contributed by atoms with Crippen LogP contribution in [0.4, 0.5) is 10.1 Å². The van der Waals surface area contributed by atoms with Crippen LogP contribution in [0.1, 0.15) is 5.56 Å². The van der Waals surface area contributed by atoms with Crippen molar-refractivity contribution in [3.63, 3.8) is 0 Å². The number of anilines is 1. The first-order valence-corrected chi connectivity index (χ1v) is 8.72. The third-order valence-corrected chi connectivity index (χ3v) is 4.84. The summed E-state index contributed by atoms with van der Waals surface area (Å²) in [6.45, 7) is 0. The number of rotatable bonds is 2. The van der Waals surface area contributed by atoms with Crippen molar-refractivity contribution in [2.45, 2.75) is 0 Å². The Bertz CT molecular complexity index is 913. The number of benzene rings is 1. The van der Waals surface area contributed by atoms with Gasteiger partial charge in [-0.3, -0.25) is 19.8 Å². The molecule has 1 N–H and O–H groups in total. The van der Waals surface area contributed by atoms with E-state index < -0.39 is 17.8 Å². The molecule has 9 heteroatoms. The molecule has 1 fully saturated rings. The molecular formula is C16H8ClFIN3O2S. The van der Waals surface area contributed by atoms with Crippen LogP contribution in [0.3, 0.4) is 0 Å². The van der Waals surface area contributed by atoms with Crippen LogP contribution < -0.4 is 10.2 Å². The highest BCUT2D eigenvalue weighted by atomic mass is 127. The Labute approximate surface area is 166 Å².